The number of carbonyl (C=O) groups excluding carboxylic acids is 2. The Morgan fingerprint density at radius 2 is 2.11 bits per heavy atom. The first kappa shape index (κ1) is 18.8. The van der Waals surface area contributed by atoms with Crippen molar-refractivity contribution in [1.29, 1.82) is 0 Å². The van der Waals surface area contributed by atoms with Gasteiger partial charge in [-0.3, -0.25) is 14.4 Å². The molecule has 2 N–H and O–H groups in total. The van der Waals surface area contributed by atoms with E-state index in [-0.39, 0.29) is 35.7 Å². The molecule has 2 aliphatic rings. The van der Waals surface area contributed by atoms with E-state index in [2.05, 4.69) is 15.2 Å². The summed E-state index contributed by atoms with van der Waals surface area (Å²) in [5.41, 5.74) is 1.36. The smallest absolute Gasteiger partial charge is 0.274 e. The Morgan fingerprint density at radius 1 is 1.25 bits per heavy atom. The van der Waals surface area contributed by atoms with Crippen molar-refractivity contribution in [1.82, 2.24) is 25.0 Å². The van der Waals surface area contributed by atoms with Crippen LogP contribution in [0.5, 0.6) is 0 Å². The number of carbonyl (C=O) groups is 2. The maximum atomic E-state index is 13.1. The zero-order chi connectivity index (χ0) is 19.7. The highest BCUT2D eigenvalue weighted by Gasteiger charge is 2.50. The number of likely N-dealkylation sites (tertiary alicyclic amines) is 2. The zero-order valence-corrected chi connectivity index (χ0v) is 16.0. The van der Waals surface area contributed by atoms with Crippen LogP contribution >= 0.6 is 11.3 Å². The van der Waals surface area contributed by atoms with E-state index in [4.69, 9.17) is 0 Å². The third-order valence-electron chi connectivity index (χ3n) is 5.84. The number of H-pyrrole nitrogens is 1. The number of thiazole rings is 1. The fraction of sp³-hybridized carbons (Fsp3) is 0.500. The molecule has 2 amide bonds. The molecule has 0 saturated carbocycles. The monoisotopic (exact) mass is 403 g/mol. The minimum absolute atomic E-state index is 0.0424. The van der Waals surface area contributed by atoms with Gasteiger partial charge in [0.25, 0.3) is 17.4 Å². The molecule has 2 atom stereocenters. The summed E-state index contributed by atoms with van der Waals surface area (Å²) in [4.78, 5) is 44.6. The van der Waals surface area contributed by atoms with Crippen LogP contribution in [0.4, 0.5) is 0 Å². The Morgan fingerprint density at radius 3 is 2.79 bits per heavy atom. The highest BCUT2D eigenvalue weighted by molar-refractivity contribution is 7.07. The number of rotatable bonds is 3. The molecule has 2 aromatic rings. The molecule has 2 fully saturated rings. The van der Waals surface area contributed by atoms with Gasteiger partial charge in [-0.05, 0) is 25.3 Å². The average molecular weight is 403 g/mol. The van der Waals surface area contributed by atoms with E-state index in [9.17, 15) is 19.5 Å². The van der Waals surface area contributed by atoms with Gasteiger partial charge in [-0.1, -0.05) is 0 Å². The molecule has 10 heteroatoms. The van der Waals surface area contributed by atoms with Crippen LogP contribution in [0.2, 0.25) is 0 Å². The third-order valence-corrected chi connectivity index (χ3v) is 6.43. The van der Waals surface area contributed by atoms with Crippen LogP contribution in [0.25, 0.3) is 0 Å². The lowest BCUT2D eigenvalue weighted by atomic mass is 9.68. The first-order valence-electron chi connectivity index (χ1n) is 9.19. The summed E-state index contributed by atoms with van der Waals surface area (Å²) in [5, 5.41) is 18.0. The third kappa shape index (κ3) is 3.22. The van der Waals surface area contributed by atoms with Crippen molar-refractivity contribution in [2.24, 2.45) is 5.41 Å². The Labute approximate surface area is 165 Å². The molecule has 4 rings (SSSR count). The van der Waals surface area contributed by atoms with Gasteiger partial charge in [0.2, 0.25) is 0 Å². The molecule has 0 aliphatic carbocycles. The fourth-order valence-corrected chi connectivity index (χ4v) is 4.80. The van der Waals surface area contributed by atoms with Crippen LogP contribution in [0.1, 0.15) is 40.2 Å². The van der Waals surface area contributed by atoms with Gasteiger partial charge in [-0.15, -0.1) is 11.3 Å². The van der Waals surface area contributed by atoms with Gasteiger partial charge in [0, 0.05) is 36.5 Å². The van der Waals surface area contributed by atoms with Crippen LogP contribution in [-0.4, -0.2) is 74.2 Å². The number of hydrogen-bond donors (Lipinski definition) is 2. The van der Waals surface area contributed by atoms with Gasteiger partial charge in [0.1, 0.15) is 11.4 Å². The first-order valence-corrected chi connectivity index (χ1v) is 10.1. The molecule has 2 aliphatic heterocycles. The van der Waals surface area contributed by atoms with Crippen molar-refractivity contribution in [3.05, 3.63) is 44.8 Å². The molecule has 0 spiro atoms. The van der Waals surface area contributed by atoms with Gasteiger partial charge < -0.3 is 14.9 Å². The molecule has 28 heavy (non-hydrogen) atoms. The lowest BCUT2D eigenvalue weighted by Gasteiger charge is -2.54. The second-order valence-corrected chi connectivity index (χ2v) is 8.04. The van der Waals surface area contributed by atoms with E-state index in [0.717, 1.165) is 12.8 Å². The lowest BCUT2D eigenvalue weighted by Crippen LogP contribution is -2.64. The van der Waals surface area contributed by atoms with Crippen molar-refractivity contribution < 1.29 is 14.7 Å². The van der Waals surface area contributed by atoms with Crippen LogP contribution < -0.4 is 5.56 Å². The zero-order valence-electron chi connectivity index (χ0n) is 15.2. The largest absolute Gasteiger partial charge is 0.396 e. The number of amides is 2. The minimum atomic E-state index is -0.436. The van der Waals surface area contributed by atoms with Gasteiger partial charge >= 0.3 is 0 Å². The number of aliphatic hydroxyl groups excluding tert-OH is 1. The Balaban J connectivity index is 1.62. The topological polar surface area (TPSA) is 119 Å². The Hall–Kier alpha value is -2.59. The maximum absolute atomic E-state index is 13.1. The van der Waals surface area contributed by atoms with Gasteiger partial charge in [0.05, 0.1) is 18.2 Å². The Kier molecular flexibility index (Phi) is 4.98. The molecule has 0 radical (unpaired) electrons. The van der Waals surface area contributed by atoms with Crippen molar-refractivity contribution in [2.75, 3.05) is 26.2 Å². The first-order chi connectivity index (χ1) is 13.5. The molecule has 148 valence electrons. The number of nitrogens with zero attached hydrogens (tertiary/aromatic N) is 4. The number of aliphatic hydroxyl groups is 1. The molecule has 0 unspecified atom stereocenters. The summed E-state index contributed by atoms with van der Waals surface area (Å²) in [6, 6.07) is 2.35. The molecule has 2 saturated heterocycles. The quantitative estimate of drug-likeness (QED) is 0.763. The number of aromatic nitrogens is 3. The highest BCUT2D eigenvalue weighted by Crippen LogP contribution is 2.42. The number of fused-ring (bicyclic) bond motifs is 1. The van der Waals surface area contributed by atoms with E-state index in [1.54, 1.807) is 20.7 Å². The van der Waals surface area contributed by atoms with Crippen molar-refractivity contribution in [3.8, 4) is 0 Å². The summed E-state index contributed by atoms with van der Waals surface area (Å²) < 4.78 is 0. The minimum Gasteiger partial charge on any atom is -0.396 e. The summed E-state index contributed by atoms with van der Waals surface area (Å²) in [6.07, 6.45) is 2.19. The van der Waals surface area contributed by atoms with Gasteiger partial charge in [-0.25, -0.2) is 10.1 Å². The summed E-state index contributed by atoms with van der Waals surface area (Å²) in [7, 11) is 0. The Bertz CT molecular complexity index is 910. The van der Waals surface area contributed by atoms with Crippen molar-refractivity contribution >= 4 is 23.2 Å². The van der Waals surface area contributed by atoms with E-state index in [1.165, 1.54) is 23.5 Å². The SMILES string of the molecule is O=C(c1cscn1)N1CC[C@]2(CO)CCCN(C(=O)c3ccc(=O)[nH]n3)[C@H]2C1. The van der Waals surface area contributed by atoms with E-state index in [0.29, 0.717) is 31.7 Å². The molecular formula is C18H21N5O4S. The summed E-state index contributed by atoms with van der Waals surface area (Å²) >= 11 is 1.36. The van der Waals surface area contributed by atoms with E-state index in [1.807, 2.05) is 0 Å². The number of hydrogen-bond acceptors (Lipinski definition) is 7. The molecular weight excluding hydrogens is 382 g/mol. The second kappa shape index (κ2) is 7.44. The number of piperidine rings is 2. The number of aromatic amines is 1. The molecule has 9 nitrogen and oxygen atoms in total. The average Bonchev–Trinajstić information content (AvgIpc) is 3.27. The summed E-state index contributed by atoms with van der Waals surface area (Å²) in [5.74, 6) is -0.463. The molecule has 2 aromatic heterocycles. The van der Waals surface area contributed by atoms with Crippen LogP contribution in [0.15, 0.2) is 27.8 Å². The fourth-order valence-electron chi connectivity index (χ4n) is 4.28. The standard InChI is InChI=1S/C18H21N5O4S/c24-10-18-4-1-6-23(17(27)12-2-3-15(25)21-20-12)14(18)8-22(7-5-18)16(26)13-9-28-11-19-13/h2-3,9,11,14,24H,1,4-8,10H2,(H,21,25)/t14-,18-/m0/s1. The second-order valence-electron chi connectivity index (χ2n) is 7.32. The highest BCUT2D eigenvalue weighted by atomic mass is 32.1. The lowest BCUT2D eigenvalue weighted by molar-refractivity contribution is -0.0582. The molecule has 4 heterocycles. The van der Waals surface area contributed by atoms with Crippen molar-refractivity contribution in [2.45, 2.75) is 25.3 Å². The predicted octanol–water partition coefficient (Wildman–Crippen LogP) is 0.356. The number of nitrogens with one attached hydrogen (secondary N) is 1. The summed E-state index contributed by atoms with van der Waals surface area (Å²) in [6.45, 7) is 1.34. The van der Waals surface area contributed by atoms with Crippen LogP contribution in [-0.2, 0) is 0 Å². The van der Waals surface area contributed by atoms with Gasteiger partial charge in [0.15, 0.2) is 0 Å². The van der Waals surface area contributed by atoms with Crippen LogP contribution in [0, 0.1) is 5.41 Å². The van der Waals surface area contributed by atoms with E-state index < -0.39 is 5.41 Å². The maximum Gasteiger partial charge on any atom is 0.274 e. The van der Waals surface area contributed by atoms with Crippen LogP contribution in [0.3, 0.4) is 0 Å². The van der Waals surface area contributed by atoms with E-state index >= 15 is 0 Å². The van der Waals surface area contributed by atoms with Gasteiger partial charge in [-0.2, -0.15) is 5.10 Å². The van der Waals surface area contributed by atoms with Crippen molar-refractivity contribution in [3.63, 3.8) is 0 Å². The predicted molar refractivity (Wildman–Crippen MR) is 101 cm³/mol. The molecule has 0 bridgehead atoms. The normalized spacial score (nSPS) is 24.7. The molecule has 0 aromatic carbocycles.